The third kappa shape index (κ3) is 3.46. The zero-order valence-corrected chi connectivity index (χ0v) is 12.4. The topological polar surface area (TPSA) is 91.3 Å². The minimum Gasteiger partial charge on any atom is -0.444 e. The van der Waals surface area contributed by atoms with Crippen LogP contribution in [0.25, 0.3) is 11.4 Å². The second kappa shape index (κ2) is 6.45. The molecule has 0 aliphatic heterocycles. The fourth-order valence-electron chi connectivity index (χ4n) is 1.93. The number of ether oxygens (including phenoxy) is 1. The third-order valence-corrected chi connectivity index (χ3v) is 3.34. The van der Waals surface area contributed by atoms with Crippen molar-refractivity contribution in [3.63, 3.8) is 0 Å². The van der Waals surface area contributed by atoms with Crippen molar-refractivity contribution >= 4 is 17.3 Å². The van der Waals surface area contributed by atoms with Gasteiger partial charge in [-0.2, -0.15) is 4.98 Å². The van der Waals surface area contributed by atoms with E-state index >= 15 is 0 Å². The Morgan fingerprint density at radius 3 is 2.83 bits per heavy atom. The zero-order valence-electron chi connectivity index (χ0n) is 11.7. The zero-order chi connectivity index (χ0) is 16.2. The highest BCUT2D eigenvalue weighted by atomic mass is 35.5. The van der Waals surface area contributed by atoms with Gasteiger partial charge in [-0.25, -0.2) is 0 Å². The average molecular weight is 332 g/mol. The van der Waals surface area contributed by atoms with Crippen LogP contribution in [-0.2, 0) is 6.61 Å². The van der Waals surface area contributed by atoms with Gasteiger partial charge in [-0.05, 0) is 17.7 Å². The van der Waals surface area contributed by atoms with Crippen molar-refractivity contribution < 1.29 is 14.2 Å². The van der Waals surface area contributed by atoms with Gasteiger partial charge < -0.3 is 4.74 Å². The molecule has 116 valence electrons. The highest BCUT2D eigenvalue weighted by Gasteiger charge is 2.13. The lowest BCUT2D eigenvalue weighted by Gasteiger charge is -2.00. The van der Waals surface area contributed by atoms with E-state index in [1.165, 1.54) is 12.1 Å². The Morgan fingerprint density at radius 2 is 2.04 bits per heavy atom. The van der Waals surface area contributed by atoms with E-state index < -0.39 is 4.92 Å². The van der Waals surface area contributed by atoms with E-state index in [-0.39, 0.29) is 18.4 Å². The lowest BCUT2D eigenvalue weighted by molar-refractivity contribution is -0.384. The summed E-state index contributed by atoms with van der Waals surface area (Å²) in [6.45, 7) is 0.0752. The summed E-state index contributed by atoms with van der Waals surface area (Å²) in [5.74, 6) is 0.310. The van der Waals surface area contributed by atoms with Crippen molar-refractivity contribution in [1.82, 2.24) is 10.1 Å². The molecule has 3 rings (SSSR count). The van der Waals surface area contributed by atoms with E-state index in [0.717, 1.165) is 0 Å². The Bertz CT molecular complexity index is 850. The second-order valence-electron chi connectivity index (χ2n) is 4.58. The molecule has 0 fully saturated rings. The molecule has 8 heteroatoms. The number of nitro benzene ring substituents is 1. The summed E-state index contributed by atoms with van der Waals surface area (Å²) in [5.41, 5.74) is 1.24. The Kier molecular flexibility index (Phi) is 4.20. The van der Waals surface area contributed by atoms with Gasteiger partial charge in [0, 0.05) is 17.7 Å². The van der Waals surface area contributed by atoms with Gasteiger partial charge in [0.1, 0.15) is 6.61 Å². The molecule has 0 unspecified atom stereocenters. The minimum atomic E-state index is -0.467. The molecule has 23 heavy (non-hydrogen) atoms. The van der Waals surface area contributed by atoms with Gasteiger partial charge in [0.05, 0.1) is 9.95 Å². The van der Waals surface area contributed by atoms with Crippen LogP contribution in [0.5, 0.6) is 6.08 Å². The summed E-state index contributed by atoms with van der Waals surface area (Å²) in [4.78, 5) is 14.4. The number of hydrogen-bond donors (Lipinski definition) is 0. The molecular formula is C15H10ClN3O4. The van der Waals surface area contributed by atoms with Gasteiger partial charge in [0.2, 0.25) is 5.82 Å². The summed E-state index contributed by atoms with van der Waals surface area (Å²) >= 11 is 6.06. The van der Waals surface area contributed by atoms with Crippen LogP contribution in [-0.4, -0.2) is 15.1 Å². The maximum absolute atomic E-state index is 10.7. The number of nitrogens with zero attached hydrogens (tertiary/aromatic N) is 3. The van der Waals surface area contributed by atoms with Crippen molar-refractivity contribution in [2.45, 2.75) is 6.61 Å². The first-order valence-corrected chi connectivity index (χ1v) is 6.96. The molecule has 0 N–H and O–H groups in total. The normalized spacial score (nSPS) is 10.5. The number of nitro groups is 1. The molecule has 0 saturated carbocycles. The van der Waals surface area contributed by atoms with E-state index in [9.17, 15) is 10.1 Å². The van der Waals surface area contributed by atoms with E-state index in [2.05, 4.69) is 10.1 Å². The predicted octanol–water partition coefficient (Wildman–Crippen LogP) is 3.88. The van der Waals surface area contributed by atoms with E-state index in [1.807, 2.05) is 0 Å². The predicted molar refractivity (Wildman–Crippen MR) is 82.2 cm³/mol. The van der Waals surface area contributed by atoms with Crippen LogP contribution >= 0.6 is 11.6 Å². The number of non-ortho nitro benzene ring substituents is 1. The van der Waals surface area contributed by atoms with Crippen LogP contribution in [0.4, 0.5) is 5.69 Å². The number of benzene rings is 2. The molecule has 1 aromatic heterocycles. The van der Waals surface area contributed by atoms with Gasteiger partial charge >= 0.3 is 6.08 Å². The quantitative estimate of drug-likeness (QED) is 0.520. The fourth-order valence-corrected chi connectivity index (χ4v) is 2.15. The van der Waals surface area contributed by atoms with Crippen molar-refractivity contribution in [2.24, 2.45) is 0 Å². The van der Waals surface area contributed by atoms with Gasteiger partial charge in [0.15, 0.2) is 0 Å². The second-order valence-corrected chi connectivity index (χ2v) is 4.99. The maximum Gasteiger partial charge on any atom is 0.417 e. The van der Waals surface area contributed by atoms with Crippen molar-refractivity contribution in [2.75, 3.05) is 0 Å². The van der Waals surface area contributed by atoms with Crippen LogP contribution in [0.1, 0.15) is 5.56 Å². The van der Waals surface area contributed by atoms with Crippen LogP contribution in [0.15, 0.2) is 53.1 Å². The lowest BCUT2D eigenvalue weighted by atomic mass is 10.2. The first-order valence-electron chi connectivity index (χ1n) is 6.58. The number of halogens is 1. The maximum atomic E-state index is 10.7. The number of aromatic nitrogens is 2. The minimum absolute atomic E-state index is 0.00612. The van der Waals surface area contributed by atoms with Gasteiger partial charge in [-0.3, -0.25) is 14.6 Å². The molecular weight excluding hydrogens is 322 g/mol. The average Bonchev–Trinajstić information content (AvgIpc) is 3.02. The number of hydrogen-bond acceptors (Lipinski definition) is 6. The summed E-state index contributed by atoms with van der Waals surface area (Å²) in [7, 11) is 0. The smallest absolute Gasteiger partial charge is 0.417 e. The summed E-state index contributed by atoms with van der Waals surface area (Å²) in [6, 6.07) is 13.2. The molecule has 0 saturated heterocycles. The Labute approximate surface area is 135 Å². The summed E-state index contributed by atoms with van der Waals surface area (Å²) in [6.07, 6.45) is -0.0357. The standard InChI is InChI=1S/C15H10ClN3O4/c16-13-7-2-1-6-12(13)14-17-15(23-18-14)22-9-10-4-3-5-11(8-10)19(20)21/h1-8H,9H2. The fraction of sp³-hybridized carbons (Fsp3) is 0.0667. The Balaban J connectivity index is 1.72. The largest absolute Gasteiger partial charge is 0.444 e. The molecule has 0 aliphatic carbocycles. The van der Waals surface area contributed by atoms with Crippen molar-refractivity contribution in [1.29, 1.82) is 0 Å². The van der Waals surface area contributed by atoms with E-state index in [4.69, 9.17) is 20.9 Å². The highest BCUT2D eigenvalue weighted by molar-refractivity contribution is 6.33. The van der Waals surface area contributed by atoms with Gasteiger partial charge in [-0.1, -0.05) is 41.0 Å². The number of rotatable bonds is 5. The van der Waals surface area contributed by atoms with Crippen molar-refractivity contribution in [3.8, 4) is 17.5 Å². The van der Waals surface area contributed by atoms with Crippen LogP contribution in [0, 0.1) is 10.1 Å². The monoisotopic (exact) mass is 331 g/mol. The Morgan fingerprint density at radius 1 is 1.22 bits per heavy atom. The summed E-state index contributed by atoms with van der Waals surface area (Å²) < 4.78 is 10.4. The van der Waals surface area contributed by atoms with E-state index in [1.54, 1.807) is 36.4 Å². The molecule has 0 aliphatic rings. The molecule has 3 aromatic rings. The molecule has 0 atom stereocenters. The molecule has 0 amide bonds. The van der Waals surface area contributed by atoms with Crippen molar-refractivity contribution in [3.05, 3.63) is 69.2 Å². The molecule has 1 heterocycles. The molecule has 0 radical (unpaired) electrons. The van der Waals surface area contributed by atoms with E-state index in [0.29, 0.717) is 22.0 Å². The van der Waals surface area contributed by atoms with Gasteiger partial charge in [-0.15, -0.1) is 0 Å². The molecule has 2 aromatic carbocycles. The van der Waals surface area contributed by atoms with Crippen LogP contribution in [0.3, 0.4) is 0 Å². The Hall–Kier alpha value is -2.93. The highest BCUT2D eigenvalue weighted by Crippen LogP contribution is 2.26. The molecule has 0 bridgehead atoms. The third-order valence-electron chi connectivity index (χ3n) is 3.01. The molecule has 7 nitrogen and oxygen atoms in total. The molecule has 0 spiro atoms. The lowest BCUT2D eigenvalue weighted by Crippen LogP contribution is -1.97. The van der Waals surface area contributed by atoms with Gasteiger partial charge in [0.25, 0.3) is 5.69 Å². The summed E-state index contributed by atoms with van der Waals surface area (Å²) in [5, 5.41) is 15.0. The first-order chi connectivity index (χ1) is 11.1. The van der Waals surface area contributed by atoms with Crippen LogP contribution in [0.2, 0.25) is 5.02 Å². The van der Waals surface area contributed by atoms with Crippen LogP contribution < -0.4 is 4.74 Å². The SMILES string of the molecule is O=[N+]([O-])c1cccc(COc2nc(-c3ccccc3Cl)no2)c1. The first kappa shape index (κ1) is 15.0.